The fraction of sp³-hybridized carbons (Fsp3) is 0.375. The van der Waals surface area contributed by atoms with Crippen LogP contribution in [0.15, 0.2) is 30.3 Å². The molecule has 0 atom stereocenters. The number of rotatable bonds is 4. The first-order valence-corrected chi connectivity index (χ1v) is 6.93. The normalized spacial score (nSPS) is 11.4. The number of nitrogens with one attached hydrogen (secondary N) is 2. The van der Waals surface area contributed by atoms with E-state index in [1.165, 1.54) is 0 Å². The van der Waals surface area contributed by atoms with Gasteiger partial charge in [-0.3, -0.25) is 4.79 Å². The van der Waals surface area contributed by atoms with Crippen LogP contribution >= 0.6 is 0 Å². The highest BCUT2D eigenvalue weighted by Crippen LogP contribution is 2.20. The van der Waals surface area contributed by atoms with E-state index in [-0.39, 0.29) is 24.6 Å². The Hall–Kier alpha value is -2.14. The van der Waals surface area contributed by atoms with Gasteiger partial charge < -0.3 is 15.7 Å². The number of pyridine rings is 1. The van der Waals surface area contributed by atoms with E-state index in [1.807, 2.05) is 51.1 Å². The van der Waals surface area contributed by atoms with Gasteiger partial charge in [0.1, 0.15) is 5.82 Å². The third-order valence-corrected chi connectivity index (χ3v) is 2.90. The zero-order valence-corrected chi connectivity index (χ0v) is 12.6. The molecule has 0 bridgehead atoms. The van der Waals surface area contributed by atoms with E-state index in [0.717, 1.165) is 10.9 Å². The second-order valence-corrected chi connectivity index (χ2v) is 6.00. The summed E-state index contributed by atoms with van der Waals surface area (Å²) >= 11 is 0. The topological polar surface area (TPSA) is 74.2 Å². The van der Waals surface area contributed by atoms with E-state index in [1.54, 1.807) is 0 Å². The number of anilines is 1. The molecule has 1 heterocycles. The van der Waals surface area contributed by atoms with E-state index < -0.39 is 0 Å². The summed E-state index contributed by atoms with van der Waals surface area (Å²) in [6, 6.07) is 9.56. The summed E-state index contributed by atoms with van der Waals surface area (Å²) in [5.41, 5.74) is 1.24. The number of hydrogen-bond donors (Lipinski definition) is 3. The van der Waals surface area contributed by atoms with Crippen molar-refractivity contribution in [3.8, 4) is 0 Å². The summed E-state index contributed by atoms with van der Waals surface area (Å²) in [6.45, 7) is 5.78. The molecule has 21 heavy (non-hydrogen) atoms. The Kier molecular flexibility index (Phi) is 4.43. The zero-order chi connectivity index (χ0) is 15.5. The first kappa shape index (κ1) is 15.3. The fourth-order valence-electron chi connectivity index (χ4n) is 2.06. The number of benzene rings is 1. The Balaban J connectivity index is 2.15. The summed E-state index contributed by atoms with van der Waals surface area (Å²) in [5.74, 6) is 0.432. The van der Waals surface area contributed by atoms with Gasteiger partial charge in [-0.1, -0.05) is 18.2 Å². The molecule has 1 aromatic carbocycles. The van der Waals surface area contributed by atoms with Crippen LogP contribution in [0.2, 0.25) is 0 Å². The van der Waals surface area contributed by atoms with E-state index in [2.05, 4.69) is 15.6 Å². The maximum absolute atomic E-state index is 11.8. The monoisotopic (exact) mass is 287 g/mol. The number of para-hydroxylation sites is 1. The van der Waals surface area contributed by atoms with E-state index in [0.29, 0.717) is 11.4 Å². The van der Waals surface area contributed by atoms with Crippen molar-refractivity contribution in [3.05, 3.63) is 35.9 Å². The van der Waals surface area contributed by atoms with Crippen molar-refractivity contribution >= 4 is 22.6 Å². The van der Waals surface area contributed by atoms with Gasteiger partial charge in [-0.15, -0.1) is 0 Å². The average Bonchev–Trinajstić information content (AvgIpc) is 2.42. The van der Waals surface area contributed by atoms with Gasteiger partial charge in [0, 0.05) is 16.5 Å². The van der Waals surface area contributed by atoms with Gasteiger partial charge in [0.2, 0.25) is 5.91 Å². The summed E-state index contributed by atoms with van der Waals surface area (Å²) in [6.07, 6.45) is 0. The Bertz CT molecular complexity index is 648. The molecule has 2 aromatic rings. The fourth-order valence-corrected chi connectivity index (χ4v) is 2.06. The molecule has 0 fully saturated rings. The van der Waals surface area contributed by atoms with Crippen LogP contribution in [0, 0.1) is 0 Å². The van der Waals surface area contributed by atoms with Crippen molar-refractivity contribution in [1.82, 2.24) is 10.3 Å². The molecular formula is C16H21N3O2. The number of fused-ring (bicyclic) bond motifs is 1. The Morgan fingerprint density at radius 2 is 2.00 bits per heavy atom. The molecule has 112 valence electrons. The lowest BCUT2D eigenvalue weighted by Crippen LogP contribution is -2.43. The van der Waals surface area contributed by atoms with Gasteiger partial charge in [0.15, 0.2) is 0 Å². The van der Waals surface area contributed by atoms with Gasteiger partial charge in [0.25, 0.3) is 0 Å². The summed E-state index contributed by atoms with van der Waals surface area (Å²) in [4.78, 5) is 16.3. The maximum atomic E-state index is 11.8. The number of carbonyl (C=O) groups excluding carboxylic acids is 1. The lowest BCUT2D eigenvalue weighted by atomic mass is 10.1. The molecule has 1 amide bonds. The highest BCUT2D eigenvalue weighted by atomic mass is 16.3. The molecule has 0 saturated heterocycles. The lowest BCUT2D eigenvalue weighted by Gasteiger charge is -2.21. The molecule has 3 N–H and O–H groups in total. The van der Waals surface area contributed by atoms with Crippen LogP contribution in [-0.2, 0) is 11.4 Å². The number of nitrogens with zero attached hydrogens (tertiary/aromatic N) is 1. The molecule has 0 radical (unpaired) electrons. The van der Waals surface area contributed by atoms with Crippen molar-refractivity contribution in [1.29, 1.82) is 0 Å². The molecule has 0 saturated carbocycles. The molecule has 0 aliphatic carbocycles. The highest BCUT2D eigenvalue weighted by molar-refractivity contribution is 5.84. The largest absolute Gasteiger partial charge is 0.392 e. The van der Waals surface area contributed by atoms with Crippen LogP contribution in [0.25, 0.3) is 10.9 Å². The van der Waals surface area contributed by atoms with Crippen molar-refractivity contribution in [2.75, 3.05) is 11.9 Å². The zero-order valence-electron chi connectivity index (χ0n) is 12.6. The second kappa shape index (κ2) is 6.10. The quantitative estimate of drug-likeness (QED) is 0.804. The second-order valence-electron chi connectivity index (χ2n) is 6.00. The first-order chi connectivity index (χ1) is 9.89. The van der Waals surface area contributed by atoms with Crippen LogP contribution in [0.1, 0.15) is 26.3 Å². The number of hydrogen-bond acceptors (Lipinski definition) is 4. The minimum atomic E-state index is -0.268. The Morgan fingerprint density at radius 1 is 1.29 bits per heavy atom. The predicted octanol–water partition coefficient (Wildman–Crippen LogP) is 2.05. The third-order valence-electron chi connectivity index (χ3n) is 2.90. The van der Waals surface area contributed by atoms with Crippen LogP contribution in [0.4, 0.5) is 5.82 Å². The van der Waals surface area contributed by atoms with Crippen molar-refractivity contribution in [2.45, 2.75) is 32.9 Å². The van der Waals surface area contributed by atoms with Crippen molar-refractivity contribution in [2.24, 2.45) is 0 Å². The SMILES string of the molecule is CC(C)(C)NC(=O)CNc1nc2ccccc2cc1CO. The predicted molar refractivity (Wildman–Crippen MR) is 84.1 cm³/mol. The molecule has 0 aliphatic rings. The van der Waals surface area contributed by atoms with Gasteiger partial charge >= 0.3 is 0 Å². The van der Waals surface area contributed by atoms with Gasteiger partial charge in [-0.05, 0) is 32.9 Å². The standard InChI is InChI=1S/C16H21N3O2/c1-16(2,3)19-14(21)9-17-15-12(10-20)8-11-6-4-5-7-13(11)18-15/h4-8,20H,9-10H2,1-3H3,(H,17,18)(H,19,21). The molecule has 5 heteroatoms. The minimum Gasteiger partial charge on any atom is -0.392 e. The number of aliphatic hydroxyl groups is 1. The molecular weight excluding hydrogens is 266 g/mol. The lowest BCUT2D eigenvalue weighted by molar-refractivity contribution is -0.120. The molecule has 1 aromatic heterocycles. The Labute approximate surface area is 124 Å². The van der Waals surface area contributed by atoms with Crippen LogP contribution < -0.4 is 10.6 Å². The van der Waals surface area contributed by atoms with E-state index in [9.17, 15) is 9.90 Å². The smallest absolute Gasteiger partial charge is 0.239 e. The number of carbonyl (C=O) groups is 1. The highest BCUT2D eigenvalue weighted by Gasteiger charge is 2.14. The van der Waals surface area contributed by atoms with Crippen LogP contribution in [0.3, 0.4) is 0 Å². The number of aromatic nitrogens is 1. The van der Waals surface area contributed by atoms with Crippen molar-refractivity contribution < 1.29 is 9.90 Å². The van der Waals surface area contributed by atoms with Gasteiger partial charge in [0.05, 0.1) is 18.7 Å². The summed E-state index contributed by atoms with van der Waals surface area (Å²) in [5, 5.41) is 16.3. The number of aliphatic hydroxyl groups excluding tert-OH is 1. The van der Waals surface area contributed by atoms with E-state index in [4.69, 9.17) is 0 Å². The van der Waals surface area contributed by atoms with E-state index >= 15 is 0 Å². The van der Waals surface area contributed by atoms with Crippen LogP contribution in [-0.4, -0.2) is 28.1 Å². The Morgan fingerprint density at radius 3 is 2.67 bits per heavy atom. The molecule has 5 nitrogen and oxygen atoms in total. The van der Waals surface area contributed by atoms with Crippen molar-refractivity contribution in [3.63, 3.8) is 0 Å². The maximum Gasteiger partial charge on any atom is 0.239 e. The first-order valence-electron chi connectivity index (χ1n) is 6.93. The molecule has 0 unspecified atom stereocenters. The van der Waals surface area contributed by atoms with Crippen LogP contribution in [0.5, 0.6) is 0 Å². The summed E-state index contributed by atoms with van der Waals surface area (Å²) < 4.78 is 0. The minimum absolute atomic E-state index is 0.110. The number of amides is 1. The summed E-state index contributed by atoms with van der Waals surface area (Å²) in [7, 11) is 0. The third kappa shape index (κ3) is 4.16. The molecule has 0 spiro atoms. The van der Waals surface area contributed by atoms with Gasteiger partial charge in [-0.25, -0.2) is 4.98 Å². The molecule has 0 aliphatic heterocycles. The van der Waals surface area contributed by atoms with Gasteiger partial charge in [-0.2, -0.15) is 0 Å². The molecule has 2 rings (SSSR count). The average molecular weight is 287 g/mol.